The molecule has 1 atom stereocenters. The van der Waals surface area contributed by atoms with E-state index in [1.54, 1.807) is 20.3 Å². The molecule has 0 aromatic heterocycles. The van der Waals surface area contributed by atoms with Crippen LogP contribution in [-0.4, -0.2) is 45.7 Å². The summed E-state index contributed by atoms with van der Waals surface area (Å²) in [6.07, 6.45) is 3.27. The molecule has 5 nitrogen and oxygen atoms in total. The van der Waals surface area contributed by atoms with Crippen LogP contribution in [0, 0.1) is 0 Å². The van der Waals surface area contributed by atoms with Crippen molar-refractivity contribution >= 4 is 12.0 Å². The molecule has 0 bridgehead atoms. The summed E-state index contributed by atoms with van der Waals surface area (Å²) in [5, 5.41) is 2.96. The molecule has 0 aliphatic carbocycles. The highest BCUT2D eigenvalue weighted by Crippen LogP contribution is 2.27. The zero-order valence-corrected chi connectivity index (χ0v) is 15.7. The van der Waals surface area contributed by atoms with Gasteiger partial charge in [0.05, 0.1) is 20.3 Å². The predicted molar refractivity (Wildman–Crippen MR) is 104 cm³/mol. The van der Waals surface area contributed by atoms with E-state index >= 15 is 0 Å². The first-order valence-electron chi connectivity index (χ1n) is 8.45. The van der Waals surface area contributed by atoms with Crippen molar-refractivity contribution in [2.24, 2.45) is 0 Å². The maximum absolute atomic E-state index is 12.2. The fourth-order valence-corrected chi connectivity index (χ4v) is 2.74. The van der Waals surface area contributed by atoms with Crippen LogP contribution in [0.5, 0.6) is 11.5 Å². The third-order valence-electron chi connectivity index (χ3n) is 4.14. The number of benzene rings is 2. The number of nitrogens with zero attached hydrogens (tertiary/aromatic N) is 1. The van der Waals surface area contributed by atoms with Gasteiger partial charge in [0.2, 0.25) is 5.91 Å². The summed E-state index contributed by atoms with van der Waals surface area (Å²) >= 11 is 0. The Morgan fingerprint density at radius 3 is 2.31 bits per heavy atom. The van der Waals surface area contributed by atoms with Gasteiger partial charge in [-0.3, -0.25) is 4.79 Å². The monoisotopic (exact) mass is 354 g/mol. The molecule has 138 valence electrons. The van der Waals surface area contributed by atoms with E-state index in [0.717, 1.165) is 22.6 Å². The van der Waals surface area contributed by atoms with Crippen molar-refractivity contribution in [3.8, 4) is 11.5 Å². The minimum atomic E-state index is -0.155. The Balaban J connectivity index is 2.05. The number of hydrogen-bond acceptors (Lipinski definition) is 4. The minimum absolute atomic E-state index is 0.00904. The first kappa shape index (κ1) is 19.5. The van der Waals surface area contributed by atoms with E-state index < -0.39 is 0 Å². The van der Waals surface area contributed by atoms with E-state index in [1.807, 2.05) is 62.6 Å². The normalized spacial score (nSPS) is 12.2. The smallest absolute Gasteiger partial charge is 0.244 e. The van der Waals surface area contributed by atoms with Crippen LogP contribution in [0.25, 0.3) is 6.08 Å². The Bertz CT molecular complexity index is 756. The molecule has 0 spiro atoms. The molecular weight excluding hydrogens is 328 g/mol. The maximum atomic E-state index is 12.2. The lowest BCUT2D eigenvalue weighted by Crippen LogP contribution is -2.33. The van der Waals surface area contributed by atoms with Crippen molar-refractivity contribution in [1.29, 1.82) is 0 Å². The van der Waals surface area contributed by atoms with Gasteiger partial charge >= 0.3 is 0 Å². The van der Waals surface area contributed by atoms with Crippen LogP contribution >= 0.6 is 0 Å². The number of carbonyl (C=O) groups excluding carboxylic acids is 1. The Hall–Kier alpha value is -2.79. The molecular formula is C21H26N2O3. The Labute approximate surface area is 155 Å². The third-order valence-corrected chi connectivity index (χ3v) is 4.14. The highest BCUT2D eigenvalue weighted by Gasteiger charge is 2.18. The van der Waals surface area contributed by atoms with Gasteiger partial charge in [0.25, 0.3) is 0 Å². The molecule has 1 amide bonds. The van der Waals surface area contributed by atoms with Gasteiger partial charge < -0.3 is 19.7 Å². The van der Waals surface area contributed by atoms with E-state index in [4.69, 9.17) is 9.47 Å². The summed E-state index contributed by atoms with van der Waals surface area (Å²) < 4.78 is 10.7. The van der Waals surface area contributed by atoms with Gasteiger partial charge in [0, 0.05) is 23.7 Å². The highest BCUT2D eigenvalue weighted by atomic mass is 16.5. The van der Waals surface area contributed by atoms with Crippen molar-refractivity contribution in [3.63, 3.8) is 0 Å². The minimum Gasteiger partial charge on any atom is -0.496 e. The summed E-state index contributed by atoms with van der Waals surface area (Å²) in [5.41, 5.74) is 1.90. The lowest BCUT2D eigenvalue weighted by Gasteiger charge is -2.26. The molecule has 0 fully saturated rings. The van der Waals surface area contributed by atoms with Gasteiger partial charge in [-0.2, -0.15) is 0 Å². The molecule has 0 aliphatic rings. The van der Waals surface area contributed by atoms with Crippen LogP contribution in [0.1, 0.15) is 17.2 Å². The van der Waals surface area contributed by atoms with E-state index in [1.165, 1.54) is 6.08 Å². The quantitative estimate of drug-likeness (QED) is 0.740. The van der Waals surface area contributed by atoms with Gasteiger partial charge in [-0.25, -0.2) is 0 Å². The van der Waals surface area contributed by atoms with Crippen LogP contribution < -0.4 is 14.8 Å². The van der Waals surface area contributed by atoms with Crippen molar-refractivity contribution in [2.75, 3.05) is 34.9 Å². The summed E-state index contributed by atoms with van der Waals surface area (Å²) in [7, 11) is 7.23. The van der Waals surface area contributed by atoms with Crippen LogP contribution in [0.15, 0.2) is 54.6 Å². The summed E-state index contributed by atoms with van der Waals surface area (Å²) in [4.78, 5) is 14.3. The lowest BCUT2D eigenvalue weighted by molar-refractivity contribution is -0.116. The average molecular weight is 354 g/mol. The molecule has 5 heteroatoms. The first-order chi connectivity index (χ1) is 12.6. The topological polar surface area (TPSA) is 50.8 Å². The van der Waals surface area contributed by atoms with E-state index in [0.29, 0.717) is 6.54 Å². The summed E-state index contributed by atoms with van der Waals surface area (Å²) in [6, 6.07) is 15.4. The zero-order chi connectivity index (χ0) is 18.9. The van der Waals surface area contributed by atoms with Crippen molar-refractivity contribution in [3.05, 3.63) is 65.7 Å². The fourth-order valence-electron chi connectivity index (χ4n) is 2.74. The van der Waals surface area contributed by atoms with E-state index in [9.17, 15) is 4.79 Å². The van der Waals surface area contributed by atoms with Crippen LogP contribution in [0.3, 0.4) is 0 Å². The molecule has 2 aromatic rings. The molecule has 0 saturated carbocycles. The number of rotatable bonds is 8. The van der Waals surface area contributed by atoms with Crippen molar-refractivity contribution in [2.45, 2.75) is 6.04 Å². The number of nitrogens with one attached hydrogen (secondary N) is 1. The van der Waals surface area contributed by atoms with Crippen LogP contribution in [0.4, 0.5) is 0 Å². The predicted octanol–water partition coefficient (Wildman–Crippen LogP) is 3.14. The van der Waals surface area contributed by atoms with Crippen LogP contribution in [0.2, 0.25) is 0 Å². The number of ether oxygens (including phenoxy) is 2. The van der Waals surface area contributed by atoms with Gasteiger partial charge in [0.15, 0.2) is 0 Å². The maximum Gasteiger partial charge on any atom is 0.244 e. The second-order valence-corrected chi connectivity index (χ2v) is 6.04. The summed E-state index contributed by atoms with van der Waals surface area (Å²) in [5.74, 6) is 1.39. The Morgan fingerprint density at radius 2 is 1.65 bits per heavy atom. The lowest BCUT2D eigenvalue weighted by atomic mass is 10.0. The average Bonchev–Trinajstić information content (AvgIpc) is 2.66. The van der Waals surface area contributed by atoms with E-state index in [2.05, 4.69) is 10.2 Å². The van der Waals surface area contributed by atoms with Gasteiger partial charge in [-0.15, -0.1) is 0 Å². The first-order valence-corrected chi connectivity index (χ1v) is 8.45. The Kier molecular flexibility index (Phi) is 7.24. The second kappa shape index (κ2) is 9.63. The van der Waals surface area contributed by atoms with Crippen molar-refractivity contribution in [1.82, 2.24) is 10.2 Å². The molecule has 2 rings (SSSR count). The van der Waals surface area contributed by atoms with E-state index in [-0.39, 0.29) is 11.9 Å². The van der Waals surface area contributed by atoms with Gasteiger partial charge in [-0.05, 0) is 32.3 Å². The largest absolute Gasteiger partial charge is 0.496 e. The van der Waals surface area contributed by atoms with Gasteiger partial charge in [-0.1, -0.05) is 36.4 Å². The molecule has 0 saturated heterocycles. The molecule has 1 unspecified atom stereocenters. The molecule has 0 radical (unpaired) electrons. The zero-order valence-electron chi connectivity index (χ0n) is 15.7. The van der Waals surface area contributed by atoms with Crippen LogP contribution in [-0.2, 0) is 4.79 Å². The molecule has 1 N–H and O–H groups in total. The fraction of sp³-hybridized carbons (Fsp3) is 0.286. The molecule has 0 heterocycles. The van der Waals surface area contributed by atoms with Gasteiger partial charge in [0.1, 0.15) is 11.5 Å². The SMILES string of the molecule is COc1ccccc1C=CC(=O)NCC(c1ccccc1OC)N(C)C. The Morgan fingerprint density at radius 1 is 1.04 bits per heavy atom. The number of para-hydroxylation sites is 2. The number of likely N-dealkylation sites (N-methyl/N-ethyl adjacent to an activating group) is 1. The van der Waals surface area contributed by atoms with Crippen molar-refractivity contribution < 1.29 is 14.3 Å². The number of hydrogen-bond donors (Lipinski definition) is 1. The standard InChI is InChI=1S/C21H26N2O3/c1-23(2)18(17-10-6-8-12-20(17)26-4)15-22-21(24)14-13-16-9-5-7-11-19(16)25-3/h5-14,18H,15H2,1-4H3,(H,22,24). The summed E-state index contributed by atoms with van der Waals surface area (Å²) in [6.45, 7) is 0.475. The number of methoxy groups -OCH3 is 2. The molecule has 2 aromatic carbocycles. The molecule has 26 heavy (non-hydrogen) atoms. The highest BCUT2D eigenvalue weighted by molar-refractivity contribution is 5.92. The second-order valence-electron chi connectivity index (χ2n) is 6.04. The molecule has 0 aliphatic heterocycles. The number of carbonyl (C=O) groups is 1. The third kappa shape index (κ3) is 5.10. The number of amides is 1.